The number of sulfonamides is 1. The Labute approximate surface area is 225 Å². The molecule has 3 rings (SSSR count). The maximum atomic E-state index is 13.6. The highest BCUT2D eigenvalue weighted by Gasteiger charge is 2.27. The molecule has 0 unspecified atom stereocenters. The quantitative estimate of drug-likeness (QED) is 0.288. The number of benzene rings is 3. The van der Waals surface area contributed by atoms with E-state index in [-0.39, 0.29) is 18.0 Å². The molecular formula is C26H27BrCl2N2O3S. The summed E-state index contributed by atoms with van der Waals surface area (Å²) in [5.41, 5.74) is 4.23. The molecule has 35 heavy (non-hydrogen) atoms. The second kappa shape index (κ2) is 11.9. The third-order valence-corrected chi connectivity index (χ3v) is 8.62. The van der Waals surface area contributed by atoms with Gasteiger partial charge in [0.15, 0.2) is 0 Å². The SMILES string of the molecule is CCc1cc(Br)cc(CC)c1NC(=O)CN(Cc1ccc(Cl)c(Cl)c1)S(=O)(=O)c1ccc(C)cc1. The van der Waals surface area contributed by atoms with Crippen molar-refractivity contribution >= 4 is 60.7 Å². The van der Waals surface area contributed by atoms with Crippen molar-refractivity contribution in [2.24, 2.45) is 0 Å². The van der Waals surface area contributed by atoms with Crippen molar-refractivity contribution in [3.05, 3.63) is 91.4 Å². The number of carbonyl (C=O) groups is 1. The Bertz CT molecular complexity index is 1300. The Morgan fingerprint density at radius 3 is 2.09 bits per heavy atom. The van der Waals surface area contributed by atoms with E-state index in [0.717, 1.165) is 44.0 Å². The number of hydrogen-bond donors (Lipinski definition) is 1. The van der Waals surface area contributed by atoms with Crippen LogP contribution in [-0.4, -0.2) is 25.2 Å². The van der Waals surface area contributed by atoms with Gasteiger partial charge in [0, 0.05) is 16.7 Å². The van der Waals surface area contributed by atoms with Crippen LogP contribution in [0.4, 0.5) is 5.69 Å². The van der Waals surface area contributed by atoms with Crippen molar-refractivity contribution in [3.63, 3.8) is 0 Å². The van der Waals surface area contributed by atoms with E-state index < -0.39 is 15.9 Å². The number of halogens is 3. The summed E-state index contributed by atoms with van der Waals surface area (Å²) >= 11 is 15.7. The smallest absolute Gasteiger partial charge is 0.243 e. The summed E-state index contributed by atoms with van der Waals surface area (Å²) in [7, 11) is -3.98. The van der Waals surface area contributed by atoms with Crippen LogP contribution in [-0.2, 0) is 34.2 Å². The molecule has 0 saturated heterocycles. The van der Waals surface area contributed by atoms with Crippen molar-refractivity contribution in [3.8, 4) is 0 Å². The molecule has 0 aliphatic carbocycles. The van der Waals surface area contributed by atoms with E-state index in [1.807, 2.05) is 32.9 Å². The van der Waals surface area contributed by atoms with Gasteiger partial charge in [-0.3, -0.25) is 4.79 Å². The molecule has 3 aromatic rings. The van der Waals surface area contributed by atoms with Gasteiger partial charge >= 0.3 is 0 Å². The zero-order chi connectivity index (χ0) is 25.8. The van der Waals surface area contributed by atoms with Crippen molar-refractivity contribution in [1.29, 1.82) is 0 Å². The zero-order valence-electron chi connectivity index (χ0n) is 19.7. The van der Waals surface area contributed by atoms with E-state index in [0.29, 0.717) is 15.6 Å². The third-order valence-electron chi connectivity index (χ3n) is 5.61. The Morgan fingerprint density at radius 2 is 1.54 bits per heavy atom. The van der Waals surface area contributed by atoms with Crippen LogP contribution in [0.1, 0.15) is 36.1 Å². The first-order chi connectivity index (χ1) is 16.5. The summed E-state index contributed by atoms with van der Waals surface area (Å²) in [6, 6.07) is 15.4. The average Bonchev–Trinajstić information content (AvgIpc) is 2.82. The number of aryl methyl sites for hydroxylation is 3. The van der Waals surface area contributed by atoms with Crippen LogP contribution in [0.3, 0.4) is 0 Å². The fourth-order valence-corrected chi connectivity index (χ4v) is 5.97. The monoisotopic (exact) mass is 596 g/mol. The summed E-state index contributed by atoms with van der Waals surface area (Å²) < 4.78 is 29.2. The summed E-state index contributed by atoms with van der Waals surface area (Å²) in [6.07, 6.45) is 1.44. The molecule has 1 N–H and O–H groups in total. The Hall–Kier alpha value is -1.90. The Kier molecular flexibility index (Phi) is 9.40. The molecule has 0 aliphatic heterocycles. The lowest BCUT2D eigenvalue weighted by molar-refractivity contribution is -0.116. The van der Waals surface area contributed by atoms with Gasteiger partial charge in [0.05, 0.1) is 21.5 Å². The van der Waals surface area contributed by atoms with Gasteiger partial charge < -0.3 is 5.32 Å². The normalized spacial score (nSPS) is 11.6. The number of nitrogens with zero attached hydrogens (tertiary/aromatic N) is 1. The van der Waals surface area contributed by atoms with E-state index in [9.17, 15) is 13.2 Å². The van der Waals surface area contributed by atoms with Gasteiger partial charge in [0.2, 0.25) is 15.9 Å². The van der Waals surface area contributed by atoms with Gasteiger partial charge in [-0.2, -0.15) is 4.31 Å². The van der Waals surface area contributed by atoms with Crippen molar-refractivity contribution in [1.82, 2.24) is 4.31 Å². The molecule has 0 aromatic heterocycles. The van der Waals surface area contributed by atoms with Crippen LogP contribution in [0.2, 0.25) is 10.0 Å². The molecular weight excluding hydrogens is 571 g/mol. The highest BCUT2D eigenvalue weighted by Crippen LogP contribution is 2.29. The minimum Gasteiger partial charge on any atom is -0.324 e. The highest BCUT2D eigenvalue weighted by atomic mass is 79.9. The van der Waals surface area contributed by atoms with Crippen LogP contribution in [0.25, 0.3) is 0 Å². The molecule has 0 aliphatic rings. The zero-order valence-corrected chi connectivity index (χ0v) is 23.7. The van der Waals surface area contributed by atoms with Crippen molar-refractivity contribution < 1.29 is 13.2 Å². The summed E-state index contributed by atoms with van der Waals surface area (Å²) in [5.74, 6) is -0.424. The van der Waals surface area contributed by atoms with E-state index in [2.05, 4.69) is 21.2 Å². The fraction of sp³-hybridized carbons (Fsp3) is 0.269. The molecule has 186 valence electrons. The lowest BCUT2D eigenvalue weighted by atomic mass is 10.0. The molecule has 0 atom stereocenters. The molecule has 1 amide bonds. The number of nitrogens with one attached hydrogen (secondary N) is 1. The maximum absolute atomic E-state index is 13.6. The van der Waals surface area contributed by atoms with E-state index in [1.54, 1.807) is 42.5 Å². The van der Waals surface area contributed by atoms with Crippen molar-refractivity contribution in [2.45, 2.75) is 45.1 Å². The molecule has 0 bridgehead atoms. The second-order valence-electron chi connectivity index (χ2n) is 8.19. The number of rotatable bonds is 9. The standard InChI is InChI=1S/C26H27BrCl2N2O3S/c1-4-19-13-21(27)14-20(5-2)26(19)30-25(32)16-31(15-18-8-11-23(28)24(29)12-18)35(33,34)22-9-6-17(3)7-10-22/h6-14H,4-5,15-16H2,1-3H3,(H,30,32). The Morgan fingerprint density at radius 1 is 0.943 bits per heavy atom. The van der Waals surface area contributed by atoms with Crippen LogP contribution in [0.15, 0.2) is 64.0 Å². The molecule has 0 heterocycles. The molecule has 0 radical (unpaired) electrons. The number of amides is 1. The van der Waals surface area contributed by atoms with Crippen LogP contribution in [0, 0.1) is 6.92 Å². The van der Waals surface area contributed by atoms with Crippen LogP contribution >= 0.6 is 39.1 Å². The predicted octanol–water partition coefficient (Wildman–Crippen LogP) is 7.02. The molecule has 0 fully saturated rings. The summed E-state index contributed by atoms with van der Waals surface area (Å²) in [4.78, 5) is 13.3. The Balaban J connectivity index is 1.96. The van der Waals surface area contributed by atoms with Gasteiger partial charge in [-0.1, -0.05) is 76.7 Å². The average molecular weight is 598 g/mol. The molecule has 9 heteroatoms. The van der Waals surface area contributed by atoms with E-state index >= 15 is 0 Å². The highest BCUT2D eigenvalue weighted by molar-refractivity contribution is 9.10. The summed E-state index contributed by atoms with van der Waals surface area (Å²) in [5, 5.41) is 3.65. The maximum Gasteiger partial charge on any atom is 0.243 e. The van der Waals surface area contributed by atoms with E-state index in [1.165, 1.54) is 0 Å². The van der Waals surface area contributed by atoms with Gasteiger partial charge in [-0.05, 0) is 72.9 Å². The van der Waals surface area contributed by atoms with Crippen LogP contribution in [0.5, 0.6) is 0 Å². The minimum absolute atomic E-state index is 0.0396. The first kappa shape index (κ1) is 27.7. The molecule has 5 nitrogen and oxygen atoms in total. The largest absolute Gasteiger partial charge is 0.324 e. The number of hydrogen-bond acceptors (Lipinski definition) is 3. The van der Waals surface area contributed by atoms with E-state index in [4.69, 9.17) is 23.2 Å². The first-order valence-electron chi connectivity index (χ1n) is 11.2. The van der Waals surface area contributed by atoms with Gasteiger partial charge in [0.25, 0.3) is 0 Å². The third kappa shape index (κ3) is 6.86. The lowest BCUT2D eigenvalue weighted by Gasteiger charge is -2.23. The topological polar surface area (TPSA) is 66.5 Å². The molecule has 0 spiro atoms. The molecule has 3 aromatic carbocycles. The molecule has 0 saturated carbocycles. The number of carbonyl (C=O) groups excluding carboxylic acids is 1. The summed E-state index contributed by atoms with van der Waals surface area (Å²) in [6.45, 7) is 5.50. The van der Waals surface area contributed by atoms with Gasteiger partial charge in [-0.25, -0.2) is 8.42 Å². The van der Waals surface area contributed by atoms with Crippen molar-refractivity contribution in [2.75, 3.05) is 11.9 Å². The van der Waals surface area contributed by atoms with Gasteiger partial charge in [-0.15, -0.1) is 0 Å². The van der Waals surface area contributed by atoms with Gasteiger partial charge in [0.1, 0.15) is 0 Å². The first-order valence-corrected chi connectivity index (χ1v) is 14.2. The second-order valence-corrected chi connectivity index (χ2v) is 11.9. The minimum atomic E-state index is -3.98. The predicted molar refractivity (Wildman–Crippen MR) is 147 cm³/mol. The van der Waals surface area contributed by atoms with Crippen LogP contribution < -0.4 is 5.32 Å². The fourth-order valence-electron chi connectivity index (χ4n) is 3.71. The number of anilines is 1. The lowest BCUT2D eigenvalue weighted by Crippen LogP contribution is -2.37.